The number of rotatable bonds is 2. The third-order valence-corrected chi connectivity index (χ3v) is 5.43. The number of aryl methyl sites for hydroxylation is 1. The highest BCUT2D eigenvalue weighted by atomic mass is 32.1. The van der Waals surface area contributed by atoms with Gasteiger partial charge in [-0.2, -0.15) is 0 Å². The highest BCUT2D eigenvalue weighted by Crippen LogP contribution is 2.40. The van der Waals surface area contributed by atoms with Gasteiger partial charge < -0.3 is 14.7 Å². The molecular formula is C18H19NO3S. The normalized spacial score (nSPS) is 17.3. The van der Waals surface area contributed by atoms with E-state index in [1.165, 1.54) is 4.88 Å². The van der Waals surface area contributed by atoms with Gasteiger partial charge in [-0.15, -0.1) is 11.3 Å². The highest BCUT2D eigenvalue weighted by Gasteiger charge is 2.34. The van der Waals surface area contributed by atoms with Crippen molar-refractivity contribution >= 4 is 17.2 Å². The molecule has 1 aromatic heterocycles. The monoisotopic (exact) mass is 329 g/mol. The summed E-state index contributed by atoms with van der Waals surface area (Å²) in [6.45, 7) is 3.58. The van der Waals surface area contributed by atoms with Crippen LogP contribution in [0.3, 0.4) is 0 Å². The van der Waals surface area contributed by atoms with Crippen LogP contribution >= 0.6 is 11.3 Å². The number of ether oxygens (including phenoxy) is 1. The Bertz CT molecular complexity index is 764. The van der Waals surface area contributed by atoms with Crippen LogP contribution in [-0.4, -0.2) is 29.1 Å². The van der Waals surface area contributed by atoms with Gasteiger partial charge in [0.1, 0.15) is 6.61 Å². The molecule has 2 heterocycles. The summed E-state index contributed by atoms with van der Waals surface area (Å²) in [7, 11) is 0. The summed E-state index contributed by atoms with van der Waals surface area (Å²) < 4.78 is 5.72. The average molecular weight is 329 g/mol. The van der Waals surface area contributed by atoms with Gasteiger partial charge in [0.25, 0.3) is 0 Å². The second-order valence-corrected chi connectivity index (χ2v) is 7.56. The number of carbonyl (C=O) groups is 1. The minimum atomic E-state index is 0.157. The van der Waals surface area contributed by atoms with E-state index in [2.05, 4.69) is 19.1 Å². The molecule has 2 aliphatic rings. The van der Waals surface area contributed by atoms with Gasteiger partial charge in [0, 0.05) is 27.8 Å². The lowest BCUT2D eigenvalue weighted by molar-refractivity contribution is -0.133. The van der Waals surface area contributed by atoms with Crippen LogP contribution in [-0.2, 0) is 11.3 Å². The van der Waals surface area contributed by atoms with Crippen LogP contribution in [0.2, 0.25) is 0 Å². The molecule has 0 saturated heterocycles. The van der Waals surface area contributed by atoms with E-state index in [0.717, 1.165) is 28.8 Å². The van der Waals surface area contributed by atoms with Crippen LogP contribution in [0, 0.1) is 12.8 Å². The zero-order valence-corrected chi connectivity index (χ0v) is 13.9. The number of benzene rings is 1. The second kappa shape index (κ2) is 5.57. The molecule has 1 saturated carbocycles. The number of phenols is 1. The van der Waals surface area contributed by atoms with Gasteiger partial charge in [-0.1, -0.05) is 0 Å². The molecule has 1 aliphatic heterocycles. The Kier molecular flexibility index (Phi) is 3.53. The largest absolute Gasteiger partial charge is 0.504 e. The molecule has 4 nitrogen and oxygen atoms in total. The van der Waals surface area contributed by atoms with Crippen molar-refractivity contribution < 1.29 is 14.6 Å². The van der Waals surface area contributed by atoms with Crippen molar-refractivity contribution in [1.82, 2.24) is 4.90 Å². The van der Waals surface area contributed by atoms with E-state index in [9.17, 15) is 9.90 Å². The van der Waals surface area contributed by atoms with Crippen LogP contribution in [0.5, 0.6) is 11.5 Å². The first-order valence-electron chi connectivity index (χ1n) is 7.96. The molecule has 120 valence electrons. The maximum atomic E-state index is 12.4. The molecule has 0 spiro atoms. The molecule has 0 radical (unpaired) electrons. The van der Waals surface area contributed by atoms with E-state index in [0.29, 0.717) is 25.4 Å². The molecular weight excluding hydrogens is 310 g/mol. The number of thiophene rings is 1. The molecule has 0 unspecified atom stereocenters. The Morgan fingerprint density at radius 3 is 2.87 bits per heavy atom. The van der Waals surface area contributed by atoms with E-state index < -0.39 is 0 Å². The minimum absolute atomic E-state index is 0.157. The van der Waals surface area contributed by atoms with E-state index in [1.54, 1.807) is 17.4 Å². The summed E-state index contributed by atoms with van der Waals surface area (Å²) in [5.74, 6) is 1.10. The molecule has 1 amide bonds. The molecule has 4 rings (SSSR count). The lowest BCUT2D eigenvalue weighted by Crippen LogP contribution is -2.33. The zero-order chi connectivity index (χ0) is 16.0. The van der Waals surface area contributed by atoms with Gasteiger partial charge in [0.15, 0.2) is 11.5 Å². The van der Waals surface area contributed by atoms with Crippen molar-refractivity contribution in [3.8, 4) is 21.9 Å². The van der Waals surface area contributed by atoms with E-state index in [4.69, 9.17) is 4.74 Å². The van der Waals surface area contributed by atoms with Gasteiger partial charge in [-0.25, -0.2) is 0 Å². The van der Waals surface area contributed by atoms with Crippen LogP contribution < -0.4 is 4.74 Å². The Hall–Kier alpha value is -2.01. The van der Waals surface area contributed by atoms with Crippen molar-refractivity contribution in [3.05, 3.63) is 34.7 Å². The fourth-order valence-electron chi connectivity index (χ4n) is 3.01. The Labute approximate surface area is 139 Å². The number of carbonyl (C=O) groups excluding carboxylic acids is 1. The SMILES string of the molecule is Cc1ccc(-c2cc(O)c3c(c2)CN(C(=O)C2CC2)CCO3)s1. The first kappa shape index (κ1) is 14.6. The van der Waals surface area contributed by atoms with E-state index >= 15 is 0 Å². The number of hydrogen-bond acceptors (Lipinski definition) is 4. The molecule has 0 bridgehead atoms. The summed E-state index contributed by atoms with van der Waals surface area (Å²) in [6.07, 6.45) is 2.01. The van der Waals surface area contributed by atoms with E-state index in [1.807, 2.05) is 11.0 Å². The minimum Gasteiger partial charge on any atom is -0.504 e. The highest BCUT2D eigenvalue weighted by molar-refractivity contribution is 7.15. The molecule has 1 fully saturated rings. The topological polar surface area (TPSA) is 49.8 Å². The van der Waals surface area contributed by atoms with Crippen molar-refractivity contribution in [2.45, 2.75) is 26.3 Å². The zero-order valence-electron chi connectivity index (χ0n) is 13.0. The molecule has 23 heavy (non-hydrogen) atoms. The van der Waals surface area contributed by atoms with Gasteiger partial charge >= 0.3 is 0 Å². The maximum absolute atomic E-state index is 12.4. The standard InChI is InChI=1S/C18H19NO3S/c1-11-2-5-16(23-11)13-8-14-10-19(18(21)12-3-4-12)6-7-22-17(14)15(20)9-13/h2,5,8-9,12,20H,3-4,6-7,10H2,1H3. The molecule has 1 aromatic carbocycles. The smallest absolute Gasteiger partial charge is 0.226 e. The van der Waals surface area contributed by atoms with Crippen LogP contribution in [0.15, 0.2) is 24.3 Å². The molecule has 1 N–H and O–H groups in total. The fraction of sp³-hybridized carbons (Fsp3) is 0.389. The van der Waals surface area contributed by atoms with Crippen LogP contribution in [0.1, 0.15) is 23.3 Å². The molecule has 5 heteroatoms. The third-order valence-electron chi connectivity index (χ3n) is 4.38. The summed E-state index contributed by atoms with van der Waals surface area (Å²) in [5.41, 5.74) is 1.86. The summed E-state index contributed by atoms with van der Waals surface area (Å²) in [6, 6.07) is 7.93. The average Bonchev–Trinajstić information content (AvgIpc) is 3.31. The number of hydrogen-bond donors (Lipinski definition) is 1. The fourth-order valence-corrected chi connectivity index (χ4v) is 3.86. The molecule has 2 aromatic rings. The summed E-state index contributed by atoms with van der Waals surface area (Å²) >= 11 is 1.69. The number of nitrogens with zero attached hydrogens (tertiary/aromatic N) is 1. The van der Waals surface area contributed by atoms with Crippen LogP contribution in [0.4, 0.5) is 0 Å². The lowest BCUT2D eigenvalue weighted by Gasteiger charge is -2.19. The number of amides is 1. The Morgan fingerprint density at radius 2 is 2.17 bits per heavy atom. The van der Waals surface area contributed by atoms with Gasteiger partial charge in [0.05, 0.1) is 6.54 Å². The Balaban J connectivity index is 1.70. The molecule has 1 aliphatic carbocycles. The predicted molar refractivity (Wildman–Crippen MR) is 89.8 cm³/mol. The summed E-state index contributed by atoms with van der Waals surface area (Å²) in [4.78, 5) is 16.6. The maximum Gasteiger partial charge on any atom is 0.226 e. The van der Waals surface area contributed by atoms with Gasteiger partial charge in [0.2, 0.25) is 5.91 Å². The van der Waals surface area contributed by atoms with Crippen molar-refractivity contribution in [2.24, 2.45) is 5.92 Å². The van der Waals surface area contributed by atoms with Gasteiger partial charge in [-0.3, -0.25) is 4.79 Å². The first-order valence-corrected chi connectivity index (χ1v) is 8.78. The number of phenolic OH excluding ortho intramolecular Hbond substituents is 1. The van der Waals surface area contributed by atoms with Crippen molar-refractivity contribution in [2.75, 3.05) is 13.2 Å². The quantitative estimate of drug-likeness (QED) is 0.916. The van der Waals surface area contributed by atoms with Crippen molar-refractivity contribution in [1.29, 1.82) is 0 Å². The van der Waals surface area contributed by atoms with Crippen molar-refractivity contribution in [3.63, 3.8) is 0 Å². The van der Waals surface area contributed by atoms with Crippen LogP contribution in [0.25, 0.3) is 10.4 Å². The number of fused-ring (bicyclic) bond motifs is 1. The predicted octanol–water partition coefficient (Wildman–Crippen LogP) is 3.56. The summed E-state index contributed by atoms with van der Waals surface area (Å²) in [5, 5.41) is 10.4. The molecule has 0 atom stereocenters. The third kappa shape index (κ3) is 2.81. The second-order valence-electron chi connectivity index (χ2n) is 6.28. The number of aromatic hydroxyl groups is 1. The first-order chi connectivity index (χ1) is 11.1. The Morgan fingerprint density at radius 1 is 1.35 bits per heavy atom. The lowest BCUT2D eigenvalue weighted by atomic mass is 10.1. The van der Waals surface area contributed by atoms with Gasteiger partial charge in [-0.05, 0) is 49.6 Å². The van der Waals surface area contributed by atoms with E-state index in [-0.39, 0.29) is 17.6 Å².